The van der Waals surface area contributed by atoms with Crippen LogP contribution in [0.1, 0.15) is 58.4 Å². The largest absolute Gasteiger partial charge is 0.317 e. The minimum Gasteiger partial charge on any atom is -0.317 e. The second-order valence-electron chi connectivity index (χ2n) is 8.19. The number of piperidine rings is 1. The molecule has 2 fully saturated rings. The molecule has 4 rings (SSSR count). The van der Waals surface area contributed by atoms with Crippen molar-refractivity contribution in [3.05, 3.63) is 34.9 Å². The Balaban J connectivity index is 1.43. The van der Waals surface area contributed by atoms with Crippen LogP contribution in [0.4, 0.5) is 4.39 Å². The normalized spacial score (nSPS) is 27.1. The SMILES string of the molecule is O=C1CCC(N2C(=O)c3ccc(CNCC4(F)CCCNCC4)cc3C2=O)C(=O)N1. The van der Waals surface area contributed by atoms with Gasteiger partial charge < -0.3 is 10.6 Å². The van der Waals surface area contributed by atoms with E-state index in [0.717, 1.165) is 23.4 Å². The van der Waals surface area contributed by atoms with Gasteiger partial charge in [-0.3, -0.25) is 29.4 Å². The number of alkyl halides is 1. The van der Waals surface area contributed by atoms with Crippen molar-refractivity contribution in [2.24, 2.45) is 0 Å². The molecule has 0 aliphatic carbocycles. The maximum atomic E-state index is 14.9. The van der Waals surface area contributed by atoms with Gasteiger partial charge in [0.2, 0.25) is 11.8 Å². The third kappa shape index (κ3) is 3.99. The van der Waals surface area contributed by atoms with Crippen LogP contribution in [0.5, 0.6) is 0 Å². The summed E-state index contributed by atoms with van der Waals surface area (Å²) in [6, 6.07) is 3.93. The van der Waals surface area contributed by atoms with E-state index in [1.807, 2.05) is 0 Å². The number of amides is 4. The van der Waals surface area contributed by atoms with Crippen LogP contribution in [0.15, 0.2) is 18.2 Å². The molecule has 0 spiro atoms. The number of nitrogens with one attached hydrogen (secondary N) is 3. The summed E-state index contributed by atoms with van der Waals surface area (Å²) in [5, 5.41) is 8.50. The molecule has 2 saturated heterocycles. The molecule has 1 aromatic carbocycles. The number of hydrogen-bond donors (Lipinski definition) is 3. The van der Waals surface area contributed by atoms with Crippen LogP contribution in [0.25, 0.3) is 0 Å². The fraction of sp³-hybridized carbons (Fsp3) is 0.524. The Hall–Kier alpha value is -2.65. The highest BCUT2D eigenvalue weighted by Gasteiger charge is 2.44. The van der Waals surface area contributed by atoms with E-state index in [2.05, 4.69) is 16.0 Å². The average Bonchev–Trinajstić information content (AvgIpc) is 2.85. The lowest BCUT2D eigenvalue weighted by Crippen LogP contribution is -2.54. The average molecular weight is 416 g/mol. The Bertz CT molecular complexity index is 895. The van der Waals surface area contributed by atoms with E-state index in [1.165, 1.54) is 0 Å². The number of hydrogen-bond acceptors (Lipinski definition) is 6. The minimum atomic E-state index is -1.26. The lowest BCUT2D eigenvalue weighted by Gasteiger charge is -2.27. The van der Waals surface area contributed by atoms with Crippen molar-refractivity contribution in [3.8, 4) is 0 Å². The van der Waals surface area contributed by atoms with Gasteiger partial charge in [-0.05, 0) is 56.5 Å². The third-order valence-electron chi connectivity index (χ3n) is 6.00. The van der Waals surface area contributed by atoms with E-state index >= 15 is 0 Å². The first-order valence-corrected chi connectivity index (χ1v) is 10.3. The van der Waals surface area contributed by atoms with Gasteiger partial charge in [-0.15, -0.1) is 0 Å². The van der Waals surface area contributed by atoms with Gasteiger partial charge >= 0.3 is 0 Å². The predicted octanol–water partition coefficient (Wildman–Crippen LogP) is 0.659. The number of carbonyl (C=O) groups excluding carboxylic acids is 4. The molecule has 0 aromatic heterocycles. The smallest absolute Gasteiger partial charge is 0.262 e. The Labute approximate surface area is 173 Å². The Morgan fingerprint density at radius 3 is 2.70 bits per heavy atom. The molecule has 3 aliphatic heterocycles. The van der Waals surface area contributed by atoms with Gasteiger partial charge in [0.25, 0.3) is 11.8 Å². The third-order valence-corrected chi connectivity index (χ3v) is 6.00. The van der Waals surface area contributed by atoms with Gasteiger partial charge in [-0.25, -0.2) is 4.39 Å². The molecule has 2 unspecified atom stereocenters. The molecule has 3 aliphatic rings. The Kier molecular flexibility index (Phi) is 5.66. The summed E-state index contributed by atoms with van der Waals surface area (Å²) < 4.78 is 14.9. The van der Waals surface area contributed by atoms with E-state index in [9.17, 15) is 23.6 Å². The lowest BCUT2D eigenvalue weighted by atomic mass is 9.97. The minimum absolute atomic E-state index is 0.0828. The second kappa shape index (κ2) is 8.23. The highest BCUT2D eigenvalue weighted by atomic mass is 19.1. The van der Waals surface area contributed by atoms with Crippen LogP contribution < -0.4 is 16.0 Å². The van der Waals surface area contributed by atoms with Crippen LogP contribution >= 0.6 is 0 Å². The number of nitrogens with zero attached hydrogens (tertiary/aromatic N) is 1. The summed E-state index contributed by atoms with van der Waals surface area (Å²) in [7, 11) is 0. The van der Waals surface area contributed by atoms with E-state index < -0.39 is 35.3 Å². The first-order valence-electron chi connectivity index (χ1n) is 10.3. The summed E-state index contributed by atoms with van der Waals surface area (Å²) >= 11 is 0. The highest BCUT2D eigenvalue weighted by molar-refractivity contribution is 6.23. The number of imide groups is 2. The van der Waals surface area contributed by atoms with Gasteiger partial charge in [0.05, 0.1) is 11.1 Å². The number of carbonyl (C=O) groups is 4. The van der Waals surface area contributed by atoms with Crippen molar-refractivity contribution in [2.45, 2.75) is 50.4 Å². The van der Waals surface area contributed by atoms with Crippen molar-refractivity contribution in [2.75, 3.05) is 19.6 Å². The topological polar surface area (TPSA) is 108 Å². The second-order valence-corrected chi connectivity index (χ2v) is 8.19. The monoisotopic (exact) mass is 416 g/mol. The zero-order chi connectivity index (χ0) is 21.3. The quantitative estimate of drug-likeness (QED) is 0.609. The first kappa shape index (κ1) is 20.6. The highest BCUT2D eigenvalue weighted by Crippen LogP contribution is 2.28. The van der Waals surface area contributed by atoms with Gasteiger partial charge in [-0.1, -0.05) is 6.07 Å². The van der Waals surface area contributed by atoms with Crippen molar-refractivity contribution >= 4 is 23.6 Å². The fourth-order valence-corrected chi connectivity index (χ4v) is 4.33. The van der Waals surface area contributed by atoms with Crippen LogP contribution in [-0.4, -0.2) is 59.9 Å². The molecule has 3 N–H and O–H groups in total. The molecule has 30 heavy (non-hydrogen) atoms. The fourth-order valence-electron chi connectivity index (χ4n) is 4.33. The summed E-state index contributed by atoms with van der Waals surface area (Å²) in [5.74, 6) is -2.11. The Morgan fingerprint density at radius 2 is 1.90 bits per heavy atom. The predicted molar refractivity (Wildman–Crippen MR) is 105 cm³/mol. The number of fused-ring (bicyclic) bond motifs is 1. The number of rotatable bonds is 5. The van der Waals surface area contributed by atoms with Gasteiger partial charge in [0, 0.05) is 19.5 Å². The van der Waals surface area contributed by atoms with Gasteiger partial charge in [0.15, 0.2) is 0 Å². The van der Waals surface area contributed by atoms with Crippen molar-refractivity contribution in [1.82, 2.24) is 20.9 Å². The van der Waals surface area contributed by atoms with Crippen LogP contribution in [-0.2, 0) is 16.1 Å². The first-order chi connectivity index (χ1) is 14.4. The van der Waals surface area contributed by atoms with Crippen molar-refractivity contribution in [3.63, 3.8) is 0 Å². The molecule has 9 heteroatoms. The van der Waals surface area contributed by atoms with Crippen molar-refractivity contribution < 1.29 is 23.6 Å². The van der Waals surface area contributed by atoms with E-state index in [-0.39, 0.29) is 30.5 Å². The molecule has 4 amide bonds. The van der Waals surface area contributed by atoms with Crippen LogP contribution in [0.3, 0.4) is 0 Å². The van der Waals surface area contributed by atoms with Gasteiger partial charge in [0.1, 0.15) is 11.7 Å². The van der Waals surface area contributed by atoms with Crippen LogP contribution in [0.2, 0.25) is 0 Å². The zero-order valence-corrected chi connectivity index (χ0v) is 16.6. The summed E-state index contributed by atoms with van der Waals surface area (Å²) in [6.45, 7) is 2.08. The molecule has 0 saturated carbocycles. The molecule has 1 aromatic rings. The molecule has 0 radical (unpaired) electrons. The number of halogens is 1. The molecule has 3 heterocycles. The zero-order valence-electron chi connectivity index (χ0n) is 16.6. The summed E-state index contributed by atoms with van der Waals surface area (Å²) in [5.41, 5.74) is -0.0209. The molecule has 2 atom stereocenters. The maximum Gasteiger partial charge on any atom is 0.262 e. The number of benzene rings is 1. The molecular weight excluding hydrogens is 391 g/mol. The lowest BCUT2D eigenvalue weighted by molar-refractivity contribution is -0.136. The van der Waals surface area contributed by atoms with E-state index in [1.54, 1.807) is 18.2 Å². The van der Waals surface area contributed by atoms with Crippen LogP contribution in [0, 0.1) is 0 Å². The Morgan fingerprint density at radius 1 is 1.10 bits per heavy atom. The summed E-state index contributed by atoms with van der Waals surface area (Å²) in [4.78, 5) is 50.0. The summed E-state index contributed by atoms with van der Waals surface area (Å²) in [6.07, 6.45) is 1.96. The maximum absolute atomic E-state index is 14.9. The van der Waals surface area contributed by atoms with Crippen molar-refractivity contribution in [1.29, 1.82) is 0 Å². The molecular formula is C21H25FN4O4. The molecule has 8 nitrogen and oxygen atoms in total. The van der Waals surface area contributed by atoms with Gasteiger partial charge in [-0.2, -0.15) is 0 Å². The standard InChI is InChI=1S/C21H25FN4O4/c22-21(6-1-8-23-9-7-21)12-24-11-13-2-3-14-15(10-13)20(30)26(19(14)29)16-4-5-17(27)25-18(16)28/h2-3,10,16,23-24H,1,4-9,11-12H2,(H,25,27,28). The molecule has 160 valence electrons. The molecule has 0 bridgehead atoms. The van der Waals surface area contributed by atoms with E-state index in [0.29, 0.717) is 25.9 Å². The van der Waals surface area contributed by atoms with E-state index in [4.69, 9.17) is 0 Å².